The molecule has 0 N–H and O–H groups in total. The average molecular weight is 200 g/mol. The summed E-state index contributed by atoms with van der Waals surface area (Å²) in [5.41, 5.74) is 1.23. The number of benzene rings is 1. The molecule has 1 aromatic heterocycles. The quantitative estimate of drug-likeness (QED) is 0.752. The molecule has 0 saturated heterocycles. The minimum Gasteiger partial charge on any atom is -0.299 e. The average Bonchev–Trinajstić information content (AvgIpc) is 2.29. The molecule has 15 heavy (non-hydrogen) atoms. The topological polar surface area (TPSA) is 34.9 Å². The van der Waals surface area contributed by atoms with Gasteiger partial charge in [-0.15, -0.1) is 0 Å². The van der Waals surface area contributed by atoms with Gasteiger partial charge in [-0.1, -0.05) is 30.3 Å². The third kappa shape index (κ3) is 2.53. The standard InChI is InChI=1S/C12H12N2O/c15-12-6-8-13-10-14(12)9-7-11-4-2-1-3-5-11/h1-6,8,10H,7,9H2. The highest BCUT2D eigenvalue weighted by Crippen LogP contribution is 2.00. The molecule has 0 aliphatic rings. The molecular weight excluding hydrogens is 188 g/mol. The van der Waals surface area contributed by atoms with Crippen LogP contribution in [0.2, 0.25) is 0 Å². The number of hydrogen-bond acceptors (Lipinski definition) is 2. The zero-order valence-electron chi connectivity index (χ0n) is 8.34. The molecule has 0 aliphatic heterocycles. The van der Waals surface area contributed by atoms with E-state index in [1.807, 2.05) is 18.2 Å². The molecule has 0 amide bonds. The van der Waals surface area contributed by atoms with Crippen LogP contribution in [0.4, 0.5) is 0 Å². The van der Waals surface area contributed by atoms with Crippen molar-refractivity contribution in [2.24, 2.45) is 0 Å². The van der Waals surface area contributed by atoms with E-state index in [4.69, 9.17) is 0 Å². The lowest BCUT2D eigenvalue weighted by Gasteiger charge is -2.03. The fourth-order valence-corrected chi connectivity index (χ4v) is 1.44. The van der Waals surface area contributed by atoms with Crippen LogP contribution in [-0.2, 0) is 13.0 Å². The second-order valence-electron chi connectivity index (χ2n) is 3.35. The Bertz CT molecular complexity index is 476. The summed E-state index contributed by atoms with van der Waals surface area (Å²) in [4.78, 5) is 15.3. The monoisotopic (exact) mass is 200 g/mol. The summed E-state index contributed by atoms with van der Waals surface area (Å²) in [5.74, 6) is 0. The summed E-state index contributed by atoms with van der Waals surface area (Å²) in [6.07, 6.45) is 3.94. The predicted octanol–water partition coefficient (Wildman–Crippen LogP) is 1.49. The fraction of sp³-hybridized carbons (Fsp3) is 0.167. The molecule has 0 unspecified atom stereocenters. The van der Waals surface area contributed by atoms with Gasteiger partial charge in [0.05, 0.1) is 6.33 Å². The van der Waals surface area contributed by atoms with Crippen molar-refractivity contribution in [2.75, 3.05) is 0 Å². The van der Waals surface area contributed by atoms with E-state index in [2.05, 4.69) is 17.1 Å². The van der Waals surface area contributed by atoms with Crippen molar-refractivity contribution in [1.29, 1.82) is 0 Å². The molecule has 3 nitrogen and oxygen atoms in total. The molecule has 1 aromatic carbocycles. The minimum absolute atomic E-state index is 0.000862. The van der Waals surface area contributed by atoms with Gasteiger partial charge in [0.2, 0.25) is 0 Å². The molecule has 0 saturated carbocycles. The van der Waals surface area contributed by atoms with Crippen LogP contribution in [-0.4, -0.2) is 9.55 Å². The van der Waals surface area contributed by atoms with Gasteiger partial charge in [0.15, 0.2) is 0 Å². The van der Waals surface area contributed by atoms with Crippen molar-refractivity contribution >= 4 is 0 Å². The molecule has 0 atom stereocenters. The lowest BCUT2D eigenvalue weighted by molar-refractivity contribution is 0.654. The Labute approximate surface area is 88.0 Å². The number of nitrogens with zero attached hydrogens (tertiary/aromatic N) is 2. The SMILES string of the molecule is O=c1ccncn1CCc1ccccc1. The second kappa shape index (κ2) is 4.55. The molecule has 0 bridgehead atoms. The van der Waals surface area contributed by atoms with Crippen LogP contribution in [0.15, 0.2) is 53.7 Å². The first kappa shape index (κ1) is 9.65. The van der Waals surface area contributed by atoms with E-state index in [9.17, 15) is 4.79 Å². The molecule has 3 heteroatoms. The highest BCUT2D eigenvalue weighted by Gasteiger charge is 1.95. The van der Waals surface area contributed by atoms with Crippen LogP contribution in [0, 0.1) is 0 Å². The first-order chi connectivity index (χ1) is 7.36. The summed E-state index contributed by atoms with van der Waals surface area (Å²) < 4.78 is 1.62. The molecular formula is C12H12N2O. The van der Waals surface area contributed by atoms with Crippen molar-refractivity contribution in [3.63, 3.8) is 0 Å². The lowest BCUT2D eigenvalue weighted by atomic mass is 10.1. The van der Waals surface area contributed by atoms with Crippen LogP contribution in [0.5, 0.6) is 0 Å². The summed E-state index contributed by atoms with van der Waals surface area (Å²) in [5, 5.41) is 0. The molecule has 2 aromatic rings. The van der Waals surface area contributed by atoms with Gasteiger partial charge in [-0.05, 0) is 12.0 Å². The molecule has 0 spiro atoms. The fourth-order valence-electron chi connectivity index (χ4n) is 1.44. The molecule has 1 heterocycles. The molecule has 76 valence electrons. The van der Waals surface area contributed by atoms with Gasteiger partial charge < -0.3 is 0 Å². The highest BCUT2D eigenvalue weighted by atomic mass is 16.1. The van der Waals surface area contributed by atoms with E-state index < -0.39 is 0 Å². The van der Waals surface area contributed by atoms with Crippen LogP contribution in [0.25, 0.3) is 0 Å². The Morgan fingerprint density at radius 1 is 1.13 bits per heavy atom. The van der Waals surface area contributed by atoms with Crippen molar-refractivity contribution < 1.29 is 0 Å². The number of rotatable bonds is 3. The zero-order chi connectivity index (χ0) is 10.5. The van der Waals surface area contributed by atoms with Crippen LogP contribution in [0.3, 0.4) is 0 Å². The van der Waals surface area contributed by atoms with Crippen molar-refractivity contribution in [3.05, 3.63) is 64.8 Å². The first-order valence-electron chi connectivity index (χ1n) is 4.90. The molecule has 0 radical (unpaired) electrons. The van der Waals surface area contributed by atoms with E-state index in [-0.39, 0.29) is 5.56 Å². The number of hydrogen-bond donors (Lipinski definition) is 0. The summed E-state index contributed by atoms with van der Waals surface area (Å²) in [7, 11) is 0. The van der Waals surface area contributed by atoms with Gasteiger partial charge in [-0.3, -0.25) is 9.36 Å². The molecule has 0 aliphatic carbocycles. The third-order valence-electron chi connectivity index (χ3n) is 2.28. The highest BCUT2D eigenvalue weighted by molar-refractivity contribution is 5.14. The summed E-state index contributed by atoms with van der Waals surface area (Å²) in [6.45, 7) is 0.677. The summed E-state index contributed by atoms with van der Waals surface area (Å²) >= 11 is 0. The van der Waals surface area contributed by atoms with Gasteiger partial charge in [-0.2, -0.15) is 0 Å². The third-order valence-corrected chi connectivity index (χ3v) is 2.28. The number of aromatic nitrogens is 2. The summed E-state index contributed by atoms with van der Waals surface area (Å²) in [6, 6.07) is 11.6. The van der Waals surface area contributed by atoms with E-state index in [1.165, 1.54) is 17.8 Å². The van der Waals surface area contributed by atoms with Crippen LogP contribution >= 0.6 is 0 Å². The van der Waals surface area contributed by atoms with Crippen molar-refractivity contribution in [2.45, 2.75) is 13.0 Å². The van der Waals surface area contributed by atoms with Gasteiger partial charge in [0.1, 0.15) is 0 Å². The van der Waals surface area contributed by atoms with Gasteiger partial charge >= 0.3 is 0 Å². The maximum Gasteiger partial charge on any atom is 0.253 e. The van der Waals surface area contributed by atoms with Gasteiger partial charge in [-0.25, -0.2) is 4.98 Å². The van der Waals surface area contributed by atoms with Crippen molar-refractivity contribution in [1.82, 2.24) is 9.55 Å². The van der Waals surface area contributed by atoms with Crippen LogP contribution < -0.4 is 5.56 Å². The normalized spacial score (nSPS) is 10.1. The van der Waals surface area contributed by atoms with E-state index >= 15 is 0 Å². The van der Waals surface area contributed by atoms with Crippen molar-refractivity contribution in [3.8, 4) is 0 Å². The second-order valence-corrected chi connectivity index (χ2v) is 3.35. The number of aryl methyl sites for hydroxylation is 2. The predicted molar refractivity (Wildman–Crippen MR) is 58.6 cm³/mol. The van der Waals surface area contributed by atoms with Gasteiger partial charge in [0, 0.05) is 18.8 Å². The minimum atomic E-state index is 0.000862. The Hall–Kier alpha value is -1.90. The first-order valence-corrected chi connectivity index (χ1v) is 4.90. The Morgan fingerprint density at radius 2 is 1.93 bits per heavy atom. The lowest BCUT2D eigenvalue weighted by Crippen LogP contribution is -2.19. The largest absolute Gasteiger partial charge is 0.299 e. The Kier molecular flexibility index (Phi) is 2.93. The maximum absolute atomic E-state index is 11.4. The van der Waals surface area contributed by atoms with Crippen LogP contribution in [0.1, 0.15) is 5.56 Å². The smallest absolute Gasteiger partial charge is 0.253 e. The van der Waals surface area contributed by atoms with E-state index in [0.717, 1.165) is 6.42 Å². The Morgan fingerprint density at radius 3 is 2.67 bits per heavy atom. The zero-order valence-corrected chi connectivity index (χ0v) is 8.34. The maximum atomic E-state index is 11.4. The Balaban J connectivity index is 2.06. The molecule has 0 fully saturated rings. The van der Waals surface area contributed by atoms with E-state index in [0.29, 0.717) is 6.54 Å². The molecule has 2 rings (SSSR count). The van der Waals surface area contributed by atoms with Gasteiger partial charge in [0.25, 0.3) is 5.56 Å². The van der Waals surface area contributed by atoms with E-state index in [1.54, 1.807) is 10.9 Å².